The summed E-state index contributed by atoms with van der Waals surface area (Å²) in [5.74, 6) is 3.07. The number of Topliss-reactive ketones (excluding diaryl/α,β-unsaturated/α-hetero) is 1. The van der Waals surface area contributed by atoms with Gasteiger partial charge in [0.2, 0.25) is 0 Å². The number of ether oxygens (including phenoxy) is 1. The Hall–Kier alpha value is -1.27. The van der Waals surface area contributed by atoms with Crippen LogP contribution in [0.2, 0.25) is 0 Å². The Morgan fingerprint density at radius 3 is 2.67 bits per heavy atom. The fraction of sp³-hybridized carbons (Fsp3) is 0.875. The lowest BCUT2D eigenvalue weighted by Gasteiger charge is -2.61. The van der Waals surface area contributed by atoms with E-state index < -0.39 is 0 Å². The molecule has 0 aromatic carbocycles. The van der Waals surface area contributed by atoms with Crippen LogP contribution in [0.5, 0.6) is 0 Å². The number of hydrogen-bond acceptors (Lipinski definition) is 5. The minimum atomic E-state index is -0.130. The summed E-state index contributed by atoms with van der Waals surface area (Å²) in [4.78, 5) is 14.8. The zero-order chi connectivity index (χ0) is 20.9. The molecule has 0 radical (unpaired) electrons. The van der Waals surface area contributed by atoms with Crippen LogP contribution in [0.3, 0.4) is 0 Å². The van der Waals surface area contributed by atoms with Gasteiger partial charge in [0.05, 0.1) is 25.1 Å². The molecule has 0 saturated heterocycles. The Balaban J connectivity index is 1.38. The van der Waals surface area contributed by atoms with Crippen LogP contribution in [0.1, 0.15) is 64.7 Å². The predicted molar refractivity (Wildman–Crippen MR) is 112 cm³/mol. The van der Waals surface area contributed by atoms with Crippen molar-refractivity contribution in [1.29, 1.82) is 0 Å². The number of nitrogens with zero attached hydrogens (tertiary/aromatic N) is 3. The largest absolute Gasteiger partial charge is 0.393 e. The first-order chi connectivity index (χ1) is 14.5. The highest BCUT2D eigenvalue weighted by Crippen LogP contribution is 2.67. The Labute approximate surface area is 179 Å². The number of ketones is 1. The van der Waals surface area contributed by atoms with Crippen molar-refractivity contribution in [2.45, 2.75) is 77.4 Å². The SMILES string of the molecule is COC[C@]12CC[C@@H](O)CC1CC[C@@H]1[C@@H]2CC[C@]2(C)[C@@H](C(=O)Cn3nccn3)CC[C@@H]12. The summed E-state index contributed by atoms with van der Waals surface area (Å²) in [5.41, 5.74) is 0.347. The lowest BCUT2D eigenvalue weighted by molar-refractivity contribution is -0.161. The molecule has 1 heterocycles. The number of carbonyl (C=O) groups is 1. The van der Waals surface area contributed by atoms with E-state index in [2.05, 4.69) is 17.1 Å². The van der Waals surface area contributed by atoms with Crippen molar-refractivity contribution in [3.63, 3.8) is 0 Å². The fourth-order valence-corrected chi connectivity index (χ4v) is 8.68. The molecule has 1 aromatic rings. The molecule has 1 N–H and O–H groups in total. The minimum absolute atomic E-state index is 0.112. The van der Waals surface area contributed by atoms with E-state index in [1.54, 1.807) is 12.4 Å². The number of rotatable bonds is 5. The molecule has 0 bridgehead atoms. The van der Waals surface area contributed by atoms with Crippen LogP contribution in [0.15, 0.2) is 12.4 Å². The first kappa shape index (κ1) is 20.6. The van der Waals surface area contributed by atoms with Crippen molar-refractivity contribution >= 4 is 5.78 Å². The number of hydrogen-bond donors (Lipinski definition) is 1. The molecule has 166 valence electrons. The molecule has 0 aliphatic heterocycles. The number of aliphatic hydroxyl groups is 1. The normalized spacial score (nSPS) is 45.4. The summed E-state index contributed by atoms with van der Waals surface area (Å²) in [5, 5.41) is 18.6. The second-order valence-corrected chi connectivity index (χ2v) is 10.9. The standard InChI is InChI=1S/C24H37N3O3/c1-23-9-8-20-18(4-3-16-13-17(28)7-10-24(16,20)15-30-2)19(23)5-6-21(23)22(29)14-27-25-11-12-26-27/h11-12,16-21,28H,3-10,13-15H2,1-2H3/t16?,17-,18+,19+,20+,21-,23+,24-/m1/s1. The Kier molecular flexibility index (Phi) is 5.29. The van der Waals surface area contributed by atoms with Crippen LogP contribution in [-0.4, -0.2) is 45.7 Å². The van der Waals surface area contributed by atoms with Crippen molar-refractivity contribution in [2.75, 3.05) is 13.7 Å². The van der Waals surface area contributed by atoms with Gasteiger partial charge in [-0.3, -0.25) is 4.79 Å². The van der Waals surface area contributed by atoms with Crippen LogP contribution in [-0.2, 0) is 16.1 Å². The summed E-state index contributed by atoms with van der Waals surface area (Å²) in [6, 6.07) is 0. The maximum Gasteiger partial charge on any atom is 0.159 e. The van der Waals surface area contributed by atoms with E-state index in [4.69, 9.17) is 4.74 Å². The number of fused-ring (bicyclic) bond motifs is 5. The zero-order valence-electron chi connectivity index (χ0n) is 18.5. The quantitative estimate of drug-likeness (QED) is 0.796. The lowest BCUT2D eigenvalue weighted by atomic mass is 9.44. The smallest absolute Gasteiger partial charge is 0.159 e. The third kappa shape index (κ3) is 3.09. The van der Waals surface area contributed by atoms with Gasteiger partial charge in [-0.05, 0) is 92.3 Å². The first-order valence-electron chi connectivity index (χ1n) is 12.0. The molecule has 4 saturated carbocycles. The monoisotopic (exact) mass is 415 g/mol. The highest BCUT2D eigenvalue weighted by atomic mass is 16.5. The third-order valence-corrected chi connectivity index (χ3v) is 9.90. The zero-order valence-corrected chi connectivity index (χ0v) is 18.5. The van der Waals surface area contributed by atoms with Crippen LogP contribution < -0.4 is 0 Å². The Bertz CT molecular complexity index is 768. The molecule has 6 nitrogen and oxygen atoms in total. The van der Waals surface area contributed by atoms with Crippen molar-refractivity contribution < 1.29 is 14.6 Å². The summed E-state index contributed by atoms with van der Waals surface area (Å²) < 4.78 is 5.83. The van der Waals surface area contributed by atoms with Gasteiger partial charge < -0.3 is 9.84 Å². The van der Waals surface area contributed by atoms with Gasteiger partial charge in [0, 0.05) is 13.0 Å². The average Bonchev–Trinajstić information content (AvgIpc) is 3.35. The first-order valence-corrected chi connectivity index (χ1v) is 12.0. The van der Waals surface area contributed by atoms with Crippen LogP contribution in [0.4, 0.5) is 0 Å². The molecular formula is C24H37N3O3. The fourth-order valence-electron chi connectivity index (χ4n) is 8.68. The minimum Gasteiger partial charge on any atom is -0.393 e. The third-order valence-electron chi connectivity index (χ3n) is 9.90. The summed E-state index contributed by atoms with van der Waals surface area (Å²) in [6.45, 7) is 3.55. The molecule has 30 heavy (non-hydrogen) atoms. The maximum atomic E-state index is 13.2. The highest BCUT2D eigenvalue weighted by Gasteiger charge is 2.62. The van der Waals surface area contributed by atoms with Crippen LogP contribution in [0.25, 0.3) is 0 Å². The molecule has 4 aliphatic rings. The summed E-state index contributed by atoms with van der Waals surface area (Å²) in [7, 11) is 1.85. The summed E-state index contributed by atoms with van der Waals surface area (Å²) in [6.07, 6.45) is 13.1. The second kappa shape index (κ2) is 7.70. The van der Waals surface area contributed by atoms with E-state index in [0.29, 0.717) is 36.0 Å². The van der Waals surface area contributed by atoms with Crippen LogP contribution in [0, 0.1) is 40.4 Å². The molecule has 0 amide bonds. The van der Waals surface area contributed by atoms with Crippen molar-refractivity contribution in [2.24, 2.45) is 40.4 Å². The van der Waals surface area contributed by atoms with Crippen molar-refractivity contribution in [1.82, 2.24) is 15.0 Å². The molecule has 5 rings (SSSR count). The number of aliphatic hydroxyl groups excluding tert-OH is 1. The molecule has 4 aliphatic carbocycles. The van der Waals surface area contributed by atoms with E-state index in [1.807, 2.05) is 7.11 Å². The molecule has 4 fully saturated rings. The second-order valence-electron chi connectivity index (χ2n) is 10.9. The van der Waals surface area contributed by atoms with E-state index >= 15 is 0 Å². The van der Waals surface area contributed by atoms with Gasteiger partial charge in [-0.1, -0.05) is 6.92 Å². The van der Waals surface area contributed by atoms with Gasteiger partial charge in [-0.25, -0.2) is 0 Å². The summed E-state index contributed by atoms with van der Waals surface area (Å²) >= 11 is 0. The molecular weight excluding hydrogens is 378 g/mol. The van der Waals surface area contributed by atoms with Gasteiger partial charge in [0.25, 0.3) is 0 Å². The topological polar surface area (TPSA) is 77.2 Å². The van der Waals surface area contributed by atoms with E-state index in [0.717, 1.165) is 38.7 Å². The molecule has 1 unspecified atom stereocenters. The van der Waals surface area contributed by atoms with Gasteiger partial charge in [0.15, 0.2) is 5.78 Å². The molecule has 6 heteroatoms. The Morgan fingerprint density at radius 1 is 1.10 bits per heavy atom. The maximum absolute atomic E-state index is 13.2. The number of carbonyl (C=O) groups excluding carboxylic acids is 1. The van der Waals surface area contributed by atoms with Crippen LogP contribution >= 0.6 is 0 Å². The average molecular weight is 416 g/mol. The van der Waals surface area contributed by atoms with Crippen molar-refractivity contribution in [3.8, 4) is 0 Å². The van der Waals surface area contributed by atoms with Gasteiger partial charge >= 0.3 is 0 Å². The number of aromatic nitrogens is 3. The van der Waals surface area contributed by atoms with Gasteiger partial charge in [-0.2, -0.15) is 15.0 Å². The highest BCUT2D eigenvalue weighted by molar-refractivity contribution is 5.81. The van der Waals surface area contributed by atoms with E-state index in [1.165, 1.54) is 30.5 Å². The van der Waals surface area contributed by atoms with Gasteiger partial charge in [0.1, 0.15) is 6.54 Å². The van der Waals surface area contributed by atoms with E-state index in [-0.39, 0.29) is 22.9 Å². The van der Waals surface area contributed by atoms with Crippen molar-refractivity contribution in [3.05, 3.63) is 12.4 Å². The van der Waals surface area contributed by atoms with E-state index in [9.17, 15) is 9.90 Å². The number of methoxy groups -OCH3 is 1. The van der Waals surface area contributed by atoms with Gasteiger partial charge in [-0.15, -0.1) is 0 Å². The molecule has 1 aromatic heterocycles. The lowest BCUT2D eigenvalue weighted by Crippen LogP contribution is -2.57. The molecule has 8 atom stereocenters. The Morgan fingerprint density at radius 2 is 1.90 bits per heavy atom. The predicted octanol–water partition coefficient (Wildman–Crippen LogP) is 3.49. The molecule has 0 spiro atoms.